The molecule has 1 aromatic carbocycles. The first-order chi connectivity index (χ1) is 11.9. The highest BCUT2D eigenvalue weighted by Crippen LogP contribution is 2.10. The lowest BCUT2D eigenvalue weighted by Gasteiger charge is -2.23. The standard InChI is InChI=1S/C18H29FN4O2/c1-5-6-11-20-18(21-14-17(24)22(2)3)23(4)12-13-25-16-9-7-15(19)8-10-16/h7-10H,5-6,11-14H2,1-4H3,(H,20,21). The fourth-order valence-electron chi connectivity index (χ4n) is 1.91. The van der Waals surface area contributed by atoms with E-state index in [1.807, 2.05) is 11.9 Å². The van der Waals surface area contributed by atoms with E-state index in [0.29, 0.717) is 24.9 Å². The van der Waals surface area contributed by atoms with Crippen LogP contribution in [0.1, 0.15) is 19.8 Å². The summed E-state index contributed by atoms with van der Waals surface area (Å²) in [4.78, 5) is 19.6. The Morgan fingerprint density at radius 2 is 1.92 bits per heavy atom. The monoisotopic (exact) mass is 352 g/mol. The number of hydrogen-bond acceptors (Lipinski definition) is 3. The van der Waals surface area contributed by atoms with Gasteiger partial charge in [-0.2, -0.15) is 0 Å². The number of amides is 1. The Hall–Kier alpha value is -2.31. The van der Waals surface area contributed by atoms with Crippen molar-refractivity contribution >= 4 is 11.9 Å². The van der Waals surface area contributed by atoms with Crippen LogP contribution in [-0.2, 0) is 4.79 Å². The van der Waals surface area contributed by atoms with Gasteiger partial charge in [-0.15, -0.1) is 0 Å². The highest BCUT2D eigenvalue weighted by Gasteiger charge is 2.09. The number of rotatable bonds is 9. The third-order valence-corrected chi connectivity index (χ3v) is 3.55. The Labute approximate surface area is 149 Å². The van der Waals surface area contributed by atoms with Crippen molar-refractivity contribution in [2.45, 2.75) is 19.8 Å². The van der Waals surface area contributed by atoms with Gasteiger partial charge in [-0.3, -0.25) is 4.79 Å². The second-order valence-corrected chi connectivity index (χ2v) is 5.93. The number of benzene rings is 1. The van der Waals surface area contributed by atoms with Gasteiger partial charge >= 0.3 is 0 Å². The summed E-state index contributed by atoms with van der Waals surface area (Å²) >= 11 is 0. The molecule has 0 aliphatic heterocycles. The quantitative estimate of drug-likeness (QED) is 0.419. The summed E-state index contributed by atoms with van der Waals surface area (Å²) < 4.78 is 18.5. The molecule has 6 nitrogen and oxygen atoms in total. The molecule has 0 saturated heterocycles. The van der Waals surface area contributed by atoms with E-state index in [1.54, 1.807) is 26.2 Å². The van der Waals surface area contributed by atoms with Gasteiger partial charge in [0.05, 0.1) is 6.54 Å². The zero-order valence-electron chi connectivity index (χ0n) is 15.6. The van der Waals surface area contributed by atoms with Gasteiger partial charge in [-0.25, -0.2) is 9.38 Å². The van der Waals surface area contributed by atoms with Crippen LogP contribution in [0.5, 0.6) is 5.75 Å². The van der Waals surface area contributed by atoms with E-state index in [0.717, 1.165) is 19.4 Å². The molecule has 1 rings (SSSR count). The molecule has 0 spiro atoms. The summed E-state index contributed by atoms with van der Waals surface area (Å²) in [6, 6.07) is 5.93. The molecule has 25 heavy (non-hydrogen) atoms. The van der Waals surface area contributed by atoms with Crippen molar-refractivity contribution < 1.29 is 13.9 Å². The molecule has 0 atom stereocenters. The van der Waals surface area contributed by atoms with Crippen LogP contribution in [0.4, 0.5) is 4.39 Å². The van der Waals surface area contributed by atoms with E-state index in [9.17, 15) is 9.18 Å². The van der Waals surface area contributed by atoms with Crippen LogP contribution in [0.25, 0.3) is 0 Å². The Kier molecular flexibility index (Phi) is 9.36. The largest absolute Gasteiger partial charge is 0.492 e. The predicted octanol–water partition coefficient (Wildman–Crippen LogP) is 1.97. The molecular weight excluding hydrogens is 323 g/mol. The number of carbonyl (C=O) groups is 1. The van der Waals surface area contributed by atoms with Crippen LogP contribution in [0.3, 0.4) is 0 Å². The minimum atomic E-state index is -0.287. The van der Waals surface area contributed by atoms with E-state index in [2.05, 4.69) is 17.2 Å². The smallest absolute Gasteiger partial charge is 0.243 e. The third kappa shape index (κ3) is 8.37. The van der Waals surface area contributed by atoms with Crippen molar-refractivity contribution in [2.24, 2.45) is 4.99 Å². The first-order valence-electron chi connectivity index (χ1n) is 8.52. The number of likely N-dealkylation sites (N-methyl/N-ethyl adjacent to an activating group) is 2. The molecule has 140 valence electrons. The highest BCUT2D eigenvalue weighted by atomic mass is 19.1. The Balaban J connectivity index is 2.54. The predicted molar refractivity (Wildman–Crippen MR) is 98.4 cm³/mol. The van der Waals surface area contributed by atoms with E-state index < -0.39 is 0 Å². The minimum Gasteiger partial charge on any atom is -0.492 e. The lowest BCUT2D eigenvalue weighted by molar-refractivity contribution is -0.127. The number of halogens is 1. The molecule has 0 fully saturated rings. The molecule has 1 N–H and O–H groups in total. The number of hydrogen-bond donors (Lipinski definition) is 1. The number of nitrogens with one attached hydrogen (secondary N) is 1. The lowest BCUT2D eigenvalue weighted by Crippen LogP contribution is -2.42. The molecule has 0 radical (unpaired) electrons. The van der Waals surface area contributed by atoms with Crippen molar-refractivity contribution in [3.8, 4) is 5.75 Å². The molecule has 0 aliphatic carbocycles. The van der Waals surface area contributed by atoms with Gasteiger partial charge in [-0.1, -0.05) is 13.3 Å². The number of unbranched alkanes of at least 4 members (excludes halogenated alkanes) is 1. The molecule has 7 heteroatoms. The van der Waals surface area contributed by atoms with Gasteiger partial charge in [-0.05, 0) is 30.7 Å². The van der Waals surface area contributed by atoms with E-state index in [4.69, 9.17) is 4.74 Å². The number of aliphatic imine (C=N–C) groups is 1. The fourth-order valence-corrected chi connectivity index (χ4v) is 1.91. The van der Waals surface area contributed by atoms with Crippen molar-refractivity contribution in [2.75, 3.05) is 47.4 Å². The van der Waals surface area contributed by atoms with Gasteiger partial charge in [0.25, 0.3) is 0 Å². The average molecular weight is 352 g/mol. The first-order valence-corrected chi connectivity index (χ1v) is 8.52. The number of carbonyl (C=O) groups excluding carboxylic acids is 1. The molecule has 0 aliphatic rings. The number of guanidine groups is 1. The molecule has 0 saturated carbocycles. The Morgan fingerprint density at radius 3 is 2.52 bits per heavy atom. The summed E-state index contributed by atoms with van der Waals surface area (Å²) in [5.41, 5.74) is 0. The average Bonchev–Trinajstić information content (AvgIpc) is 2.59. The van der Waals surface area contributed by atoms with Gasteiger partial charge in [0, 0.05) is 27.7 Å². The maximum atomic E-state index is 12.9. The maximum Gasteiger partial charge on any atom is 0.243 e. The van der Waals surface area contributed by atoms with Crippen LogP contribution in [-0.4, -0.2) is 69.1 Å². The second kappa shape index (κ2) is 11.3. The summed E-state index contributed by atoms with van der Waals surface area (Å²) in [6.45, 7) is 4.04. The Bertz CT molecular complexity index is 547. The van der Waals surface area contributed by atoms with Crippen molar-refractivity contribution in [1.82, 2.24) is 15.1 Å². The second-order valence-electron chi connectivity index (χ2n) is 5.93. The first kappa shape index (κ1) is 20.7. The van der Waals surface area contributed by atoms with E-state index >= 15 is 0 Å². The number of ether oxygens (including phenoxy) is 1. The fraction of sp³-hybridized carbons (Fsp3) is 0.556. The van der Waals surface area contributed by atoms with Crippen molar-refractivity contribution in [3.05, 3.63) is 30.1 Å². The van der Waals surface area contributed by atoms with Crippen LogP contribution < -0.4 is 10.1 Å². The topological polar surface area (TPSA) is 57.2 Å². The van der Waals surface area contributed by atoms with E-state index in [1.165, 1.54) is 17.0 Å². The summed E-state index contributed by atoms with van der Waals surface area (Å²) in [7, 11) is 5.32. The van der Waals surface area contributed by atoms with Gasteiger partial charge in [0.15, 0.2) is 5.96 Å². The van der Waals surface area contributed by atoms with Crippen LogP contribution in [0.2, 0.25) is 0 Å². The molecule has 1 amide bonds. The van der Waals surface area contributed by atoms with Gasteiger partial charge in [0.1, 0.15) is 24.7 Å². The molecule has 0 heterocycles. The summed E-state index contributed by atoms with van der Waals surface area (Å²) in [5.74, 6) is 0.955. The normalized spacial score (nSPS) is 11.2. The third-order valence-electron chi connectivity index (χ3n) is 3.55. The van der Waals surface area contributed by atoms with Crippen molar-refractivity contribution in [3.63, 3.8) is 0 Å². The molecule has 0 unspecified atom stereocenters. The minimum absolute atomic E-state index is 0.0502. The maximum absolute atomic E-state index is 12.9. The van der Waals surface area contributed by atoms with Crippen LogP contribution >= 0.6 is 0 Å². The molecule has 1 aromatic rings. The van der Waals surface area contributed by atoms with Gasteiger partial charge < -0.3 is 19.9 Å². The van der Waals surface area contributed by atoms with Gasteiger partial charge in [0.2, 0.25) is 5.91 Å². The SMILES string of the molecule is CCCCNC(=NCC(=O)N(C)C)N(C)CCOc1ccc(F)cc1. The summed E-state index contributed by atoms with van der Waals surface area (Å²) in [5, 5.41) is 3.27. The molecule has 0 bridgehead atoms. The highest BCUT2D eigenvalue weighted by molar-refractivity contribution is 5.84. The van der Waals surface area contributed by atoms with E-state index in [-0.39, 0.29) is 18.3 Å². The van der Waals surface area contributed by atoms with Crippen LogP contribution in [0, 0.1) is 5.82 Å². The zero-order valence-corrected chi connectivity index (χ0v) is 15.6. The molecule has 0 aromatic heterocycles. The zero-order chi connectivity index (χ0) is 18.7. The molecular formula is C18H29FN4O2. The summed E-state index contributed by atoms with van der Waals surface area (Å²) in [6.07, 6.45) is 2.11. The van der Waals surface area contributed by atoms with Crippen molar-refractivity contribution in [1.29, 1.82) is 0 Å². The lowest BCUT2D eigenvalue weighted by atomic mass is 10.3. The number of nitrogens with zero attached hydrogens (tertiary/aromatic N) is 3. The Morgan fingerprint density at radius 1 is 1.24 bits per heavy atom. The van der Waals surface area contributed by atoms with Crippen LogP contribution in [0.15, 0.2) is 29.3 Å².